The minimum absolute atomic E-state index is 0.0930. The lowest BCUT2D eigenvalue weighted by atomic mass is 10.1. The monoisotopic (exact) mass is 343 g/mol. The average Bonchev–Trinajstić information content (AvgIpc) is 2.46. The Hall–Kier alpha value is -0.940. The number of carbonyl (C=O) groups excluding carboxylic acids is 1. The number of halogens is 2. The molecule has 0 bridgehead atoms. The largest absolute Gasteiger partial charge is 0.370 e. The van der Waals surface area contributed by atoms with Crippen molar-refractivity contribution in [3.63, 3.8) is 0 Å². The Balaban J connectivity index is 2.05. The Morgan fingerprint density at radius 2 is 2.05 bits per heavy atom. The summed E-state index contributed by atoms with van der Waals surface area (Å²) in [5.41, 5.74) is 0.902. The van der Waals surface area contributed by atoms with E-state index in [4.69, 9.17) is 4.74 Å². The number of hydrogen-bond donors (Lipinski definition) is 0. The number of amides is 1. The lowest BCUT2D eigenvalue weighted by molar-refractivity contribution is -0.139. The van der Waals surface area contributed by atoms with Crippen LogP contribution in [0.25, 0.3) is 0 Å². The normalized spacial score (nSPS) is 21.1. The van der Waals surface area contributed by atoms with E-state index in [1.165, 1.54) is 12.1 Å². The van der Waals surface area contributed by atoms with Crippen molar-refractivity contribution < 1.29 is 13.9 Å². The maximum absolute atomic E-state index is 12.9. The molecule has 3 nitrogen and oxygen atoms in total. The van der Waals surface area contributed by atoms with E-state index in [1.807, 2.05) is 18.7 Å². The van der Waals surface area contributed by atoms with Crippen molar-refractivity contribution in [3.8, 4) is 0 Å². The summed E-state index contributed by atoms with van der Waals surface area (Å²) < 4.78 is 18.6. The Labute approximate surface area is 127 Å². The number of rotatable bonds is 3. The van der Waals surface area contributed by atoms with Crippen molar-refractivity contribution in [2.45, 2.75) is 24.8 Å². The van der Waals surface area contributed by atoms with Crippen LogP contribution in [0.1, 0.15) is 25.5 Å². The van der Waals surface area contributed by atoms with Crippen LogP contribution in [0.2, 0.25) is 0 Å². The SMILES string of the molecule is CC(C)C(Br)C(=O)N1CCOC(c2ccc(F)cc2)C1. The highest BCUT2D eigenvalue weighted by Gasteiger charge is 2.30. The average molecular weight is 344 g/mol. The van der Waals surface area contributed by atoms with Gasteiger partial charge in [-0.2, -0.15) is 0 Å². The van der Waals surface area contributed by atoms with Gasteiger partial charge in [0.05, 0.1) is 18.0 Å². The van der Waals surface area contributed by atoms with E-state index >= 15 is 0 Å². The molecule has 1 aromatic rings. The predicted molar refractivity (Wildman–Crippen MR) is 79.2 cm³/mol. The van der Waals surface area contributed by atoms with Gasteiger partial charge in [-0.25, -0.2) is 4.39 Å². The molecule has 0 saturated carbocycles. The minimum atomic E-state index is -0.266. The van der Waals surface area contributed by atoms with Crippen LogP contribution in [0.15, 0.2) is 24.3 Å². The fourth-order valence-corrected chi connectivity index (χ4v) is 2.48. The Morgan fingerprint density at radius 3 is 2.65 bits per heavy atom. The molecule has 1 heterocycles. The predicted octanol–water partition coefficient (Wildman–Crippen LogP) is 3.15. The summed E-state index contributed by atoms with van der Waals surface area (Å²) in [5, 5.41) is 0. The first-order chi connectivity index (χ1) is 9.49. The van der Waals surface area contributed by atoms with E-state index < -0.39 is 0 Å². The summed E-state index contributed by atoms with van der Waals surface area (Å²) in [6.45, 7) is 5.64. The maximum atomic E-state index is 12.9. The summed E-state index contributed by atoms with van der Waals surface area (Å²) in [6, 6.07) is 6.26. The molecule has 5 heteroatoms. The van der Waals surface area contributed by atoms with Gasteiger partial charge in [0.15, 0.2) is 0 Å². The molecule has 2 unspecified atom stereocenters. The highest BCUT2D eigenvalue weighted by Crippen LogP contribution is 2.24. The number of ether oxygens (including phenoxy) is 1. The van der Waals surface area contributed by atoms with Crippen molar-refractivity contribution in [2.75, 3.05) is 19.7 Å². The quantitative estimate of drug-likeness (QED) is 0.789. The molecule has 110 valence electrons. The van der Waals surface area contributed by atoms with Gasteiger partial charge in [-0.15, -0.1) is 0 Å². The lowest BCUT2D eigenvalue weighted by Gasteiger charge is -2.35. The van der Waals surface area contributed by atoms with Gasteiger partial charge in [-0.05, 0) is 23.6 Å². The van der Waals surface area contributed by atoms with Gasteiger partial charge in [-0.3, -0.25) is 4.79 Å². The second-order valence-corrected chi connectivity index (χ2v) is 6.33. The molecular formula is C15H19BrFNO2. The van der Waals surface area contributed by atoms with Gasteiger partial charge in [0.25, 0.3) is 0 Å². The molecular weight excluding hydrogens is 325 g/mol. The molecule has 0 N–H and O–H groups in total. The molecule has 1 fully saturated rings. The number of alkyl halides is 1. The fourth-order valence-electron chi connectivity index (χ4n) is 2.19. The van der Waals surface area contributed by atoms with E-state index in [0.29, 0.717) is 19.7 Å². The fraction of sp³-hybridized carbons (Fsp3) is 0.533. The van der Waals surface area contributed by atoms with E-state index in [1.54, 1.807) is 12.1 Å². The van der Waals surface area contributed by atoms with Crippen LogP contribution in [0.5, 0.6) is 0 Å². The standard InChI is InChI=1S/C15H19BrFNO2/c1-10(2)14(16)15(19)18-7-8-20-13(9-18)11-3-5-12(17)6-4-11/h3-6,10,13-14H,7-9H2,1-2H3. The molecule has 1 aliphatic heterocycles. The second kappa shape index (κ2) is 6.68. The van der Waals surface area contributed by atoms with Crippen molar-refractivity contribution >= 4 is 21.8 Å². The third-order valence-electron chi connectivity index (χ3n) is 3.44. The van der Waals surface area contributed by atoms with Crippen LogP contribution >= 0.6 is 15.9 Å². The number of hydrogen-bond acceptors (Lipinski definition) is 2. The highest BCUT2D eigenvalue weighted by atomic mass is 79.9. The Bertz CT molecular complexity index is 463. The van der Waals surface area contributed by atoms with Crippen molar-refractivity contribution in [1.29, 1.82) is 0 Å². The van der Waals surface area contributed by atoms with Crippen LogP contribution in [-0.2, 0) is 9.53 Å². The molecule has 0 radical (unpaired) electrons. The number of carbonyl (C=O) groups is 1. The van der Waals surface area contributed by atoms with Crippen LogP contribution in [0.3, 0.4) is 0 Å². The summed E-state index contributed by atoms with van der Waals surface area (Å²) in [4.78, 5) is 14.0. The van der Waals surface area contributed by atoms with Crippen molar-refractivity contribution in [2.24, 2.45) is 5.92 Å². The van der Waals surface area contributed by atoms with E-state index in [9.17, 15) is 9.18 Å². The van der Waals surface area contributed by atoms with Gasteiger partial charge < -0.3 is 9.64 Å². The maximum Gasteiger partial charge on any atom is 0.236 e. The third-order valence-corrected chi connectivity index (χ3v) is 4.89. The van der Waals surface area contributed by atoms with E-state index in [2.05, 4.69) is 15.9 Å². The lowest BCUT2D eigenvalue weighted by Crippen LogP contribution is -2.46. The Morgan fingerprint density at radius 1 is 1.40 bits per heavy atom. The zero-order chi connectivity index (χ0) is 14.7. The van der Waals surface area contributed by atoms with Gasteiger partial charge in [0, 0.05) is 6.54 Å². The van der Waals surface area contributed by atoms with Gasteiger partial charge >= 0.3 is 0 Å². The summed E-state index contributed by atoms with van der Waals surface area (Å²) >= 11 is 3.45. The zero-order valence-corrected chi connectivity index (χ0v) is 13.3. The zero-order valence-electron chi connectivity index (χ0n) is 11.7. The minimum Gasteiger partial charge on any atom is -0.370 e. The highest BCUT2D eigenvalue weighted by molar-refractivity contribution is 9.10. The number of nitrogens with zero attached hydrogens (tertiary/aromatic N) is 1. The summed E-state index contributed by atoms with van der Waals surface area (Å²) in [7, 11) is 0. The van der Waals surface area contributed by atoms with Crippen molar-refractivity contribution in [3.05, 3.63) is 35.6 Å². The van der Waals surface area contributed by atoms with Gasteiger partial charge in [-0.1, -0.05) is 41.9 Å². The van der Waals surface area contributed by atoms with Gasteiger partial charge in [0.2, 0.25) is 5.91 Å². The van der Waals surface area contributed by atoms with Crippen molar-refractivity contribution in [1.82, 2.24) is 4.90 Å². The van der Waals surface area contributed by atoms with E-state index in [0.717, 1.165) is 5.56 Å². The summed E-state index contributed by atoms with van der Waals surface area (Å²) in [6.07, 6.45) is -0.180. The second-order valence-electron chi connectivity index (χ2n) is 5.34. The Kier molecular flexibility index (Phi) is 5.16. The molecule has 2 rings (SSSR count). The third kappa shape index (κ3) is 3.58. The molecule has 1 amide bonds. The smallest absolute Gasteiger partial charge is 0.236 e. The van der Waals surface area contributed by atoms with E-state index in [-0.39, 0.29) is 28.6 Å². The molecule has 0 aliphatic carbocycles. The molecule has 1 aliphatic rings. The first kappa shape index (κ1) is 15.4. The van der Waals surface area contributed by atoms with Gasteiger partial charge in [0.1, 0.15) is 11.9 Å². The van der Waals surface area contributed by atoms with Crippen LogP contribution in [0, 0.1) is 11.7 Å². The number of morpholine rings is 1. The van der Waals surface area contributed by atoms with Crippen LogP contribution < -0.4 is 0 Å². The molecule has 20 heavy (non-hydrogen) atoms. The van der Waals surface area contributed by atoms with Crippen LogP contribution in [-0.4, -0.2) is 35.3 Å². The first-order valence-corrected chi connectivity index (χ1v) is 7.70. The molecule has 0 spiro atoms. The number of benzene rings is 1. The first-order valence-electron chi connectivity index (χ1n) is 6.79. The topological polar surface area (TPSA) is 29.5 Å². The molecule has 1 aromatic carbocycles. The molecule has 0 aromatic heterocycles. The summed E-state index contributed by atoms with van der Waals surface area (Å²) in [5.74, 6) is 0.0721. The molecule has 2 atom stereocenters. The molecule has 1 saturated heterocycles. The van der Waals surface area contributed by atoms with Crippen LogP contribution in [0.4, 0.5) is 4.39 Å².